The molecule has 0 heterocycles. The average Bonchev–Trinajstić information content (AvgIpc) is 1.99. The molecule has 0 radical (unpaired) electrons. The number of carbonyl (C=O) groups is 2. The Morgan fingerprint density at radius 2 is 2.20 bits per heavy atom. The van der Waals surface area contributed by atoms with E-state index in [1.807, 2.05) is 0 Å². The van der Waals surface area contributed by atoms with Gasteiger partial charge in [-0.05, 0) is 19.1 Å². The first-order valence-corrected chi connectivity index (χ1v) is 2.69. The van der Waals surface area contributed by atoms with E-state index in [2.05, 4.69) is 11.3 Å². The van der Waals surface area contributed by atoms with Crippen LogP contribution >= 0.6 is 0 Å². The van der Waals surface area contributed by atoms with Crippen LogP contribution in [0.25, 0.3) is 0 Å². The van der Waals surface area contributed by atoms with Crippen LogP contribution < -0.4 is 0 Å². The molecule has 0 amide bonds. The van der Waals surface area contributed by atoms with Gasteiger partial charge in [0, 0.05) is 0 Å². The molecule has 54 valence electrons. The molecule has 0 aromatic rings. The fraction of sp³-hybridized carbons (Fsp3) is 0.143. The molecule has 0 aliphatic rings. The molecule has 3 nitrogen and oxygen atoms in total. The summed E-state index contributed by atoms with van der Waals surface area (Å²) in [5.74, 6) is -0.389. The van der Waals surface area contributed by atoms with Crippen LogP contribution in [-0.2, 0) is 14.3 Å². The van der Waals surface area contributed by atoms with E-state index >= 15 is 0 Å². The highest BCUT2D eigenvalue weighted by Gasteiger charge is 2.03. The number of carbonyl (C=O) groups excluding carboxylic acids is 2. The van der Waals surface area contributed by atoms with Gasteiger partial charge in [-0.25, -0.2) is 0 Å². The lowest BCUT2D eigenvalue weighted by Gasteiger charge is -1.95. The highest BCUT2D eigenvalue weighted by atomic mass is 16.5. The zero-order valence-corrected chi connectivity index (χ0v) is 5.66. The van der Waals surface area contributed by atoms with Crippen molar-refractivity contribution in [3.05, 3.63) is 24.5 Å². The minimum absolute atomic E-state index is 0.00463. The maximum atomic E-state index is 10.7. The Morgan fingerprint density at radius 1 is 1.60 bits per heavy atom. The summed E-state index contributed by atoms with van der Waals surface area (Å²) < 4.78 is 4.30. The second-order valence-electron chi connectivity index (χ2n) is 1.44. The Morgan fingerprint density at radius 3 is 2.50 bits per heavy atom. The highest BCUT2D eigenvalue weighted by Crippen LogP contribution is 1.96. The van der Waals surface area contributed by atoms with Gasteiger partial charge < -0.3 is 4.74 Å². The standard InChI is InChI=1S/C7H8O3/c1-3-6(9)7(4-2)10-5-8/h3-5H,1H2,2H3/b7-4+. The topological polar surface area (TPSA) is 43.4 Å². The molecule has 0 N–H and O–H groups in total. The molecule has 10 heavy (non-hydrogen) atoms. The summed E-state index contributed by atoms with van der Waals surface area (Å²) in [6, 6.07) is 0. The number of ketones is 1. The number of hydrogen-bond donors (Lipinski definition) is 0. The van der Waals surface area contributed by atoms with Gasteiger partial charge in [0.2, 0.25) is 5.78 Å². The maximum absolute atomic E-state index is 10.7. The van der Waals surface area contributed by atoms with Crippen LogP contribution in [0.3, 0.4) is 0 Å². The molecule has 0 bridgehead atoms. The van der Waals surface area contributed by atoms with Gasteiger partial charge in [0.1, 0.15) is 0 Å². The maximum Gasteiger partial charge on any atom is 0.298 e. The van der Waals surface area contributed by atoms with Gasteiger partial charge in [0.15, 0.2) is 5.76 Å². The predicted molar refractivity (Wildman–Crippen MR) is 36.1 cm³/mol. The van der Waals surface area contributed by atoms with Gasteiger partial charge in [0.25, 0.3) is 6.47 Å². The molecule has 0 aliphatic heterocycles. The molecule has 0 saturated heterocycles. The third-order valence-electron chi connectivity index (χ3n) is 0.866. The molecule has 0 aliphatic carbocycles. The van der Waals surface area contributed by atoms with Crippen molar-refractivity contribution in [2.45, 2.75) is 6.92 Å². The van der Waals surface area contributed by atoms with Crippen LogP contribution in [0.4, 0.5) is 0 Å². The number of ether oxygens (including phenoxy) is 1. The third-order valence-corrected chi connectivity index (χ3v) is 0.866. The molecule has 3 heteroatoms. The second-order valence-corrected chi connectivity index (χ2v) is 1.44. The van der Waals surface area contributed by atoms with Gasteiger partial charge >= 0.3 is 0 Å². The normalized spacial score (nSPS) is 10.3. The van der Waals surface area contributed by atoms with Crippen molar-refractivity contribution in [1.29, 1.82) is 0 Å². The van der Waals surface area contributed by atoms with Crippen molar-refractivity contribution >= 4 is 12.3 Å². The molecule has 0 fully saturated rings. The minimum Gasteiger partial charge on any atom is -0.425 e. The average molecular weight is 140 g/mol. The number of allylic oxidation sites excluding steroid dienone is 2. The summed E-state index contributed by atoms with van der Waals surface area (Å²) in [6.07, 6.45) is 2.48. The summed E-state index contributed by atoms with van der Waals surface area (Å²) in [5, 5.41) is 0. The van der Waals surface area contributed by atoms with Crippen LogP contribution in [0.15, 0.2) is 24.5 Å². The predicted octanol–water partition coefficient (Wildman–Crippen LogP) is 0.818. The smallest absolute Gasteiger partial charge is 0.298 e. The van der Waals surface area contributed by atoms with Gasteiger partial charge in [0.05, 0.1) is 0 Å². The van der Waals surface area contributed by atoms with Crippen molar-refractivity contribution in [2.24, 2.45) is 0 Å². The van der Waals surface area contributed by atoms with Gasteiger partial charge in [-0.15, -0.1) is 0 Å². The first-order valence-electron chi connectivity index (χ1n) is 2.69. The Hall–Kier alpha value is -1.38. The van der Waals surface area contributed by atoms with E-state index < -0.39 is 5.78 Å². The molecular weight excluding hydrogens is 132 g/mol. The fourth-order valence-corrected chi connectivity index (χ4v) is 0.421. The van der Waals surface area contributed by atoms with Crippen LogP contribution in [-0.4, -0.2) is 12.3 Å². The van der Waals surface area contributed by atoms with E-state index in [1.54, 1.807) is 6.92 Å². The Bertz CT molecular complexity index is 179. The lowest BCUT2D eigenvalue weighted by Crippen LogP contribution is -2.00. The van der Waals surface area contributed by atoms with E-state index in [0.29, 0.717) is 0 Å². The summed E-state index contributed by atoms with van der Waals surface area (Å²) in [6.45, 7) is 5.03. The largest absolute Gasteiger partial charge is 0.425 e. The van der Waals surface area contributed by atoms with Crippen molar-refractivity contribution in [1.82, 2.24) is 0 Å². The van der Waals surface area contributed by atoms with Gasteiger partial charge in [-0.1, -0.05) is 6.58 Å². The lowest BCUT2D eigenvalue weighted by atomic mass is 10.3. The minimum atomic E-state index is -0.394. The second kappa shape index (κ2) is 4.49. The van der Waals surface area contributed by atoms with Crippen molar-refractivity contribution < 1.29 is 14.3 Å². The molecule has 0 rings (SSSR count). The quantitative estimate of drug-likeness (QED) is 0.330. The molecule has 0 aromatic heterocycles. The van der Waals surface area contributed by atoms with E-state index in [1.165, 1.54) is 6.08 Å². The van der Waals surface area contributed by atoms with E-state index in [0.717, 1.165) is 6.08 Å². The lowest BCUT2D eigenvalue weighted by molar-refractivity contribution is -0.129. The van der Waals surface area contributed by atoms with Crippen LogP contribution in [0.5, 0.6) is 0 Å². The Kier molecular flexibility index (Phi) is 3.87. The summed E-state index contributed by atoms with van der Waals surface area (Å²) in [5.41, 5.74) is 0. The van der Waals surface area contributed by atoms with Gasteiger partial charge in [-0.3, -0.25) is 9.59 Å². The number of rotatable bonds is 4. The van der Waals surface area contributed by atoms with E-state index in [4.69, 9.17) is 0 Å². The van der Waals surface area contributed by atoms with Crippen molar-refractivity contribution in [3.8, 4) is 0 Å². The van der Waals surface area contributed by atoms with E-state index in [9.17, 15) is 9.59 Å². The van der Waals surface area contributed by atoms with Crippen molar-refractivity contribution in [3.63, 3.8) is 0 Å². The monoisotopic (exact) mass is 140 g/mol. The molecule has 0 spiro atoms. The fourth-order valence-electron chi connectivity index (χ4n) is 0.421. The zero-order valence-electron chi connectivity index (χ0n) is 5.66. The molecule has 0 atom stereocenters. The Labute approximate surface area is 59.0 Å². The van der Waals surface area contributed by atoms with Crippen molar-refractivity contribution in [2.75, 3.05) is 0 Å². The van der Waals surface area contributed by atoms with E-state index in [-0.39, 0.29) is 12.2 Å². The first-order chi connectivity index (χ1) is 4.76. The van der Waals surface area contributed by atoms with Crippen LogP contribution in [0, 0.1) is 0 Å². The summed E-state index contributed by atoms with van der Waals surface area (Å²) in [4.78, 5) is 20.4. The first kappa shape index (κ1) is 8.62. The summed E-state index contributed by atoms with van der Waals surface area (Å²) >= 11 is 0. The molecule has 0 saturated carbocycles. The highest BCUT2D eigenvalue weighted by molar-refractivity contribution is 6.02. The zero-order chi connectivity index (χ0) is 7.98. The summed E-state index contributed by atoms with van der Waals surface area (Å²) in [7, 11) is 0. The van der Waals surface area contributed by atoms with Crippen LogP contribution in [0.2, 0.25) is 0 Å². The SMILES string of the molecule is C=CC(=O)/C(=C\C)OC=O. The Balaban J connectivity index is 4.21. The number of hydrogen-bond acceptors (Lipinski definition) is 3. The molecular formula is C7H8O3. The van der Waals surface area contributed by atoms with Crippen LogP contribution in [0.1, 0.15) is 6.92 Å². The molecule has 0 aromatic carbocycles. The van der Waals surface area contributed by atoms with Gasteiger partial charge in [-0.2, -0.15) is 0 Å². The third kappa shape index (κ3) is 2.26. The molecule has 0 unspecified atom stereocenters.